The third-order valence-electron chi connectivity index (χ3n) is 5.00. The number of thioether (sulfide) groups is 2. The van der Waals surface area contributed by atoms with Crippen molar-refractivity contribution >= 4 is 46.4 Å². The van der Waals surface area contributed by atoms with Crippen LogP contribution in [0.2, 0.25) is 0 Å². The average Bonchev–Trinajstić information content (AvgIpc) is 3.11. The minimum absolute atomic E-state index is 0.0804. The zero-order valence-electron chi connectivity index (χ0n) is 18.6. The molecule has 0 unspecified atom stereocenters. The molecule has 0 radical (unpaired) electrons. The van der Waals surface area contributed by atoms with Crippen molar-refractivity contribution in [3.63, 3.8) is 0 Å². The van der Waals surface area contributed by atoms with E-state index in [2.05, 4.69) is 4.99 Å². The van der Waals surface area contributed by atoms with Gasteiger partial charge in [-0.3, -0.25) is 9.69 Å². The van der Waals surface area contributed by atoms with Crippen molar-refractivity contribution in [1.29, 1.82) is 0 Å². The summed E-state index contributed by atoms with van der Waals surface area (Å²) in [5.74, 6) is 1.19. The second kappa shape index (κ2) is 10.6. The van der Waals surface area contributed by atoms with Crippen LogP contribution in [0.15, 0.2) is 87.6 Å². The number of ether oxygens (including phenoxy) is 2. The van der Waals surface area contributed by atoms with Crippen LogP contribution in [0.4, 0.5) is 5.69 Å². The molecular formula is C26H24N2O3S2. The van der Waals surface area contributed by atoms with Crippen molar-refractivity contribution in [3.8, 4) is 11.5 Å². The van der Waals surface area contributed by atoms with Crippen molar-refractivity contribution in [2.24, 2.45) is 4.99 Å². The molecule has 0 bridgehead atoms. The number of amidine groups is 1. The summed E-state index contributed by atoms with van der Waals surface area (Å²) in [6.45, 7) is 0.453. The molecule has 0 aliphatic carbocycles. The number of amides is 1. The molecule has 3 aromatic rings. The molecule has 1 aliphatic rings. The van der Waals surface area contributed by atoms with Crippen LogP contribution in [-0.2, 0) is 11.4 Å². The highest BCUT2D eigenvalue weighted by atomic mass is 32.2. The fourth-order valence-electron chi connectivity index (χ4n) is 3.22. The first-order valence-electron chi connectivity index (χ1n) is 10.3. The number of likely N-dealkylation sites (N-methyl/N-ethyl adjacent to an activating group) is 1. The number of hydrogen-bond donors (Lipinski definition) is 0. The van der Waals surface area contributed by atoms with Crippen molar-refractivity contribution in [2.75, 3.05) is 20.4 Å². The van der Waals surface area contributed by atoms with Gasteiger partial charge in [0.05, 0.1) is 17.7 Å². The van der Waals surface area contributed by atoms with Crippen LogP contribution in [0.25, 0.3) is 6.08 Å². The first kappa shape index (κ1) is 23.0. The van der Waals surface area contributed by atoms with E-state index in [9.17, 15) is 4.79 Å². The van der Waals surface area contributed by atoms with Crippen molar-refractivity contribution in [1.82, 2.24) is 4.90 Å². The summed E-state index contributed by atoms with van der Waals surface area (Å²) in [5.41, 5.74) is 2.76. The zero-order chi connectivity index (χ0) is 23.2. The Bertz CT molecular complexity index is 1210. The van der Waals surface area contributed by atoms with Crippen LogP contribution >= 0.6 is 23.5 Å². The Morgan fingerprint density at radius 3 is 2.61 bits per heavy atom. The summed E-state index contributed by atoms with van der Waals surface area (Å²) in [4.78, 5) is 20.8. The molecule has 0 aromatic heterocycles. The summed E-state index contributed by atoms with van der Waals surface area (Å²) in [6, 6.07) is 23.6. The van der Waals surface area contributed by atoms with Gasteiger partial charge in [-0.05, 0) is 65.6 Å². The van der Waals surface area contributed by atoms with Gasteiger partial charge in [0, 0.05) is 11.9 Å². The van der Waals surface area contributed by atoms with Crippen LogP contribution in [0.5, 0.6) is 11.5 Å². The number of aliphatic imine (C=N–C) groups is 1. The third-order valence-corrected chi connectivity index (χ3v) is 6.79. The van der Waals surface area contributed by atoms with E-state index in [0.717, 1.165) is 21.7 Å². The van der Waals surface area contributed by atoms with Crippen LogP contribution in [0, 0.1) is 0 Å². The SMILES string of the molecule is COc1cc(/C=C2/SC(=Nc3cccc(SC)c3)N(C)C2=O)ccc1OCc1ccccc1. The van der Waals surface area contributed by atoms with Gasteiger partial charge in [-0.2, -0.15) is 0 Å². The van der Waals surface area contributed by atoms with E-state index in [1.54, 1.807) is 30.8 Å². The number of benzene rings is 3. The Labute approximate surface area is 202 Å². The molecular weight excluding hydrogens is 452 g/mol. The first-order chi connectivity index (χ1) is 16.1. The molecule has 4 rings (SSSR count). The van der Waals surface area contributed by atoms with Gasteiger partial charge in [-0.25, -0.2) is 4.99 Å². The lowest BCUT2D eigenvalue weighted by Crippen LogP contribution is -2.23. The van der Waals surface area contributed by atoms with Crippen LogP contribution in [0.1, 0.15) is 11.1 Å². The lowest BCUT2D eigenvalue weighted by atomic mass is 10.2. The molecule has 0 saturated carbocycles. The van der Waals surface area contributed by atoms with Crippen LogP contribution in [0.3, 0.4) is 0 Å². The van der Waals surface area contributed by atoms with Gasteiger partial charge in [0.2, 0.25) is 0 Å². The van der Waals surface area contributed by atoms with E-state index in [1.807, 2.05) is 85.1 Å². The Hall–Kier alpha value is -3.16. The highest BCUT2D eigenvalue weighted by Gasteiger charge is 2.30. The molecule has 1 heterocycles. The Balaban J connectivity index is 1.53. The highest BCUT2D eigenvalue weighted by Crippen LogP contribution is 2.35. The van der Waals surface area contributed by atoms with E-state index in [4.69, 9.17) is 9.47 Å². The van der Waals surface area contributed by atoms with E-state index in [1.165, 1.54) is 11.8 Å². The minimum Gasteiger partial charge on any atom is -0.493 e. The number of carbonyl (C=O) groups excluding carboxylic acids is 1. The number of methoxy groups -OCH3 is 1. The van der Waals surface area contributed by atoms with Gasteiger partial charge in [0.25, 0.3) is 5.91 Å². The highest BCUT2D eigenvalue weighted by molar-refractivity contribution is 8.18. The van der Waals surface area contributed by atoms with Gasteiger partial charge >= 0.3 is 0 Å². The summed E-state index contributed by atoms with van der Waals surface area (Å²) in [5, 5.41) is 0.652. The van der Waals surface area contributed by atoms with Crippen molar-refractivity contribution in [3.05, 3.63) is 88.8 Å². The quantitative estimate of drug-likeness (QED) is 0.299. The summed E-state index contributed by atoms with van der Waals surface area (Å²) >= 11 is 3.02. The fraction of sp³-hybridized carbons (Fsp3) is 0.154. The molecule has 0 atom stereocenters. The third kappa shape index (κ3) is 5.61. The smallest absolute Gasteiger partial charge is 0.266 e. The van der Waals surface area contributed by atoms with Gasteiger partial charge in [0.15, 0.2) is 16.7 Å². The maximum Gasteiger partial charge on any atom is 0.266 e. The normalized spacial score (nSPS) is 16.0. The van der Waals surface area contributed by atoms with Crippen molar-refractivity contribution in [2.45, 2.75) is 11.5 Å². The van der Waals surface area contributed by atoms with Gasteiger partial charge in [0.1, 0.15) is 6.61 Å². The van der Waals surface area contributed by atoms with E-state index < -0.39 is 0 Å². The largest absolute Gasteiger partial charge is 0.493 e. The van der Waals surface area contributed by atoms with E-state index in [-0.39, 0.29) is 5.91 Å². The first-order valence-corrected chi connectivity index (χ1v) is 12.4. The standard InChI is InChI=1S/C26H24N2O3S2/c1-28-25(29)24(33-26(28)27-20-10-7-11-21(16-20)32-3)15-19-12-13-22(23(14-19)30-2)31-17-18-8-5-4-6-9-18/h4-16H,17H2,1-3H3/b24-15+,27-26?. The molecule has 0 N–H and O–H groups in total. The molecule has 1 fully saturated rings. The molecule has 33 heavy (non-hydrogen) atoms. The Morgan fingerprint density at radius 2 is 1.85 bits per heavy atom. The predicted octanol–water partition coefficient (Wildman–Crippen LogP) is 6.23. The maximum atomic E-state index is 12.8. The molecule has 1 amide bonds. The van der Waals surface area contributed by atoms with Crippen molar-refractivity contribution < 1.29 is 14.3 Å². The molecule has 1 saturated heterocycles. The fourth-order valence-corrected chi connectivity index (χ4v) is 4.66. The molecule has 5 nitrogen and oxygen atoms in total. The van der Waals surface area contributed by atoms with Gasteiger partial charge < -0.3 is 9.47 Å². The lowest BCUT2D eigenvalue weighted by Gasteiger charge is -2.11. The summed E-state index contributed by atoms with van der Waals surface area (Å²) < 4.78 is 11.5. The second-order valence-electron chi connectivity index (χ2n) is 7.26. The summed E-state index contributed by atoms with van der Waals surface area (Å²) in [6.07, 6.45) is 3.88. The molecule has 1 aliphatic heterocycles. The van der Waals surface area contributed by atoms with Gasteiger partial charge in [-0.1, -0.05) is 42.5 Å². The topological polar surface area (TPSA) is 51.1 Å². The second-order valence-corrected chi connectivity index (χ2v) is 9.14. The molecule has 7 heteroatoms. The Morgan fingerprint density at radius 1 is 1.03 bits per heavy atom. The van der Waals surface area contributed by atoms with E-state index in [0.29, 0.717) is 28.2 Å². The van der Waals surface area contributed by atoms with Crippen LogP contribution in [-0.4, -0.2) is 36.4 Å². The molecule has 168 valence electrons. The predicted molar refractivity (Wildman–Crippen MR) is 137 cm³/mol. The summed E-state index contributed by atoms with van der Waals surface area (Å²) in [7, 11) is 3.35. The molecule has 0 spiro atoms. The lowest BCUT2D eigenvalue weighted by molar-refractivity contribution is -0.121. The zero-order valence-corrected chi connectivity index (χ0v) is 20.3. The number of nitrogens with zero attached hydrogens (tertiary/aromatic N) is 2. The van der Waals surface area contributed by atoms with Gasteiger partial charge in [-0.15, -0.1) is 11.8 Å². The molecule has 3 aromatic carbocycles. The number of hydrogen-bond acceptors (Lipinski definition) is 6. The average molecular weight is 477 g/mol. The maximum absolute atomic E-state index is 12.8. The number of rotatable bonds is 7. The van der Waals surface area contributed by atoms with Crippen LogP contribution < -0.4 is 9.47 Å². The van der Waals surface area contributed by atoms with E-state index >= 15 is 0 Å². The minimum atomic E-state index is -0.0804. The Kier molecular flexibility index (Phi) is 7.42. The number of carbonyl (C=O) groups is 1. The monoisotopic (exact) mass is 476 g/mol.